The summed E-state index contributed by atoms with van der Waals surface area (Å²) >= 11 is 0. The van der Waals surface area contributed by atoms with Crippen LogP contribution < -0.4 is 5.32 Å². The van der Waals surface area contributed by atoms with Gasteiger partial charge < -0.3 is 10.4 Å². The number of carboxylic acids is 1. The zero-order valence-corrected chi connectivity index (χ0v) is 17.1. The average molecular weight is 452 g/mol. The number of anilines is 1. The molecule has 0 saturated carbocycles. The Kier molecular flexibility index (Phi) is 5.20. The number of nitrogens with zero attached hydrogens (tertiary/aromatic N) is 1. The molecule has 164 valence electrons. The fourth-order valence-electron chi connectivity index (χ4n) is 3.85. The third-order valence-electron chi connectivity index (χ3n) is 5.30. The first-order valence-corrected chi connectivity index (χ1v) is 11.1. The second-order valence-corrected chi connectivity index (χ2v) is 9.21. The molecule has 1 aliphatic rings. The molecule has 0 unspecified atom stereocenters. The highest BCUT2D eigenvalue weighted by Crippen LogP contribution is 2.35. The summed E-state index contributed by atoms with van der Waals surface area (Å²) in [7, 11) is -4.11. The first-order valence-electron chi connectivity index (χ1n) is 9.63. The SMILES string of the molecule is O=C(O)CCCc1cc2cc(C(F)(F)F)ccc2n1S(=O)(=O)c1ccc2c(c1)CCN2. The predicted molar refractivity (Wildman–Crippen MR) is 109 cm³/mol. The maximum atomic E-state index is 13.5. The van der Waals surface area contributed by atoms with Crippen molar-refractivity contribution in [1.82, 2.24) is 3.97 Å². The van der Waals surface area contributed by atoms with Crippen LogP contribution in [0.15, 0.2) is 47.4 Å². The molecule has 0 atom stereocenters. The van der Waals surface area contributed by atoms with E-state index in [0.717, 1.165) is 33.4 Å². The van der Waals surface area contributed by atoms with Gasteiger partial charge in [-0.05, 0) is 67.3 Å². The lowest BCUT2D eigenvalue weighted by atomic mass is 10.1. The number of hydrogen-bond acceptors (Lipinski definition) is 4. The Hall–Kier alpha value is -3.01. The molecule has 0 amide bonds. The summed E-state index contributed by atoms with van der Waals surface area (Å²) in [6, 6.07) is 9.00. The van der Waals surface area contributed by atoms with E-state index in [1.165, 1.54) is 12.1 Å². The van der Waals surface area contributed by atoms with Crippen LogP contribution in [0.5, 0.6) is 0 Å². The second kappa shape index (κ2) is 7.60. The van der Waals surface area contributed by atoms with Crippen LogP contribution in [0.2, 0.25) is 0 Å². The monoisotopic (exact) mass is 452 g/mol. The van der Waals surface area contributed by atoms with Gasteiger partial charge in [0.05, 0.1) is 16.0 Å². The van der Waals surface area contributed by atoms with E-state index in [1.807, 2.05) is 0 Å². The van der Waals surface area contributed by atoms with Gasteiger partial charge in [0.2, 0.25) is 0 Å². The summed E-state index contributed by atoms with van der Waals surface area (Å²) in [5, 5.41) is 12.2. The number of benzene rings is 2. The van der Waals surface area contributed by atoms with Crippen molar-refractivity contribution >= 4 is 32.6 Å². The van der Waals surface area contributed by atoms with Gasteiger partial charge in [0.25, 0.3) is 10.0 Å². The summed E-state index contributed by atoms with van der Waals surface area (Å²) in [6.07, 6.45) is -3.83. The van der Waals surface area contributed by atoms with Crippen LogP contribution in [0.4, 0.5) is 18.9 Å². The Balaban J connectivity index is 1.86. The van der Waals surface area contributed by atoms with E-state index in [2.05, 4.69) is 5.32 Å². The third-order valence-corrected chi connectivity index (χ3v) is 7.07. The van der Waals surface area contributed by atoms with Crippen molar-refractivity contribution in [2.24, 2.45) is 0 Å². The standard InChI is InChI=1S/C21H19F3N2O4S/c22-21(23,24)15-4-7-19-14(10-15)11-16(2-1-3-20(27)28)26(19)31(29,30)17-5-6-18-13(12-17)8-9-25-18/h4-7,10-12,25H,1-3,8-9H2,(H,27,28). The number of nitrogens with one attached hydrogen (secondary N) is 1. The molecule has 0 saturated heterocycles. The quantitative estimate of drug-likeness (QED) is 0.583. The van der Waals surface area contributed by atoms with Gasteiger partial charge in [-0.1, -0.05) is 0 Å². The van der Waals surface area contributed by atoms with Crippen LogP contribution in [0.3, 0.4) is 0 Å². The minimum absolute atomic E-state index is 0.0341. The Morgan fingerprint density at radius 3 is 2.61 bits per heavy atom. The molecule has 2 N–H and O–H groups in total. The lowest BCUT2D eigenvalue weighted by molar-refractivity contribution is -0.138. The average Bonchev–Trinajstić information content (AvgIpc) is 3.30. The van der Waals surface area contributed by atoms with E-state index in [0.29, 0.717) is 13.0 Å². The zero-order valence-electron chi connectivity index (χ0n) is 16.2. The summed E-state index contributed by atoms with van der Waals surface area (Å²) < 4.78 is 67.5. The number of carbonyl (C=O) groups is 1. The maximum absolute atomic E-state index is 13.5. The summed E-state index contributed by atoms with van der Waals surface area (Å²) in [6.45, 7) is 0.700. The normalized spacial score (nSPS) is 13.9. The smallest absolute Gasteiger partial charge is 0.416 e. The number of carboxylic acid groups (broad SMARTS) is 1. The van der Waals surface area contributed by atoms with Crippen LogP contribution in [-0.2, 0) is 33.8 Å². The van der Waals surface area contributed by atoms with Crippen molar-refractivity contribution in [2.45, 2.75) is 36.8 Å². The number of alkyl halides is 3. The minimum Gasteiger partial charge on any atom is -0.481 e. The van der Waals surface area contributed by atoms with Gasteiger partial charge in [0.1, 0.15) is 0 Å². The van der Waals surface area contributed by atoms with Crippen LogP contribution in [0.1, 0.15) is 29.7 Å². The first kappa shape index (κ1) is 21.2. The molecule has 0 bridgehead atoms. The van der Waals surface area contributed by atoms with Crippen LogP contribution in [0, 0.1) is 0 Å². The number of aromatic nitrogens is 1. The van der Waals surface area contributed by atoms with Gasteiger partial charge in [-0.3, -0.25) is 4.79 Å². The predicted octanol–water partition coefficient (Wildman–Crippen LogP) is 4.27. The molecule has 31 heavy (non-hydrogen) atoms. The van der Waals surface area contributed by atoms with Gasteiger partial charge in [0.15, 0.2) is 0 Å². The van der Waals surface area contributed by atoms with E-state index in [1.54, 1.807) is 12.1 Å². The highest BCUT2D eigenvalue weighted by atomic mass is 32.2. The molecule has 0 fully saturated rings. The number of halogens is 3. The van der Waals surface area contributed by atoms with Crippen molar-refractivity contribution in [3.05, 3.63) is 59.3 Å². The number of aliphatic carboxylic acids is 1. The molecule has 2 aromatic carbocycles. The zero-order chi connectivity index (χ0) is 22.4. The highest BCUT2D eigenvalue weighted by Gasteiger charge is 2.32. The summed E-state index contributed by atoms with van der Waals surface area (Å²) in [5.74, 6) is -1.03. The molecule has 2 heterocycles. The Labute approximate surface area is 176 Å². The molecule has 0 radical (unpaired) electrons. The van der Waals surface area contributed by atoms with Gasteiger partial charge in [0, 0.05) is 29.7 Å². The van der Waals surface area contributed by atoms with Gasteiger partial charge in [-0.25, -0.2) is 12.4 Å². The van der Waals surface area contributed by atoms with Crippen LogP contribution in [0.25, 0.3) is 10.9 Å². The van der Waals surface area contributed by atoms with Gasteiger partial charge >= 0.3 is 12.1 Å². The Morgan fingerprint density at radius 1 is 1.13 bits per heavy atom. The number of fused-ring (bicyclic) bond motifs is 2. The van der Waals surface area contributed by atoms with E-state index < -0.39 is 27.7 Å². The van der Waals surface area contributed by atoms with Crippen LogP contribution in [-0.4, -0.2) is 30.0 Å². The Morgan fingerprint density at radius 2 is 1.90 bits per heavy atom. The van der Waals surface area contributed by atoms with Gasteiger partial charge in [-0.15, -0.1) is 0 Å². The fraction of sp³-hybridized carbons (Fsp3) is 0.286. The van der Waals surface area contributed by atoms with Crippen molar-refractivity contribution in [3.8, 4) is 0 Å². The molecule has 4 rings (SSSR count). The molecule has 1 aliphatic heterocycles. The third kappa shape index (κ3) is 3.99. The summed E-state index contributed by atoms with van der Waals surface area (Å²) in [4.78, 5) is 10.9. The molecule has 10 heteroatoms. The van der Waals surface area contributed by atoms with Gasteiger partial charge in [-0.2, -0.15) is 13.2 Å². The molecule has 0 spiro atoms. The van der Waals surface area contributed by atoms with Crippen molar-refractivity contribution in [2.75, 3.05) is 11.9 Å². The summed E-state index contributed by atoms with van der Waals surface area (Å²) in [5.41, 5.74) is 1.19. The molecule has 1 aromatic heterocycles. The minimum atomic E-state index is -4.56. The molecule has 3 aromatic rings. The number of hydrogen-bond donors (Lipinski definition) is 2. The topological polar surface area (TPSA) is 88.4 Å². The number of rotatable bonds is 6. The van der Waals surface area contributed by atoms with Crippen LogP contribution >= 0.6 is 0 Å². The molecular formula is C21H19F3N2O4S. The number of aryl methyl sites for hydroxylation is 1. The largest absolute Gasteiger partial charge is 0.481 e. The second-order valence-electron chi connectivity index (χ2n) is 7.42. The molecular weight excluding hydrogens is 433 g/mol. The van der Waals surface area contributed by atoms with E-state index in [4.69, 9.17) is 5.11 Å². The maximum Gasteiger partial charge on any atom is 0.416 e. The van der Waals surface area contributed by atoms with Crippen molar-refractivity contribution in [3.63, 3.8) is 0 Å². The first-order chi connectivity index (χ1) is 14.6. The lowest BCUT2D eigenvalue weighted by Gasteiger charge is -2.13. The Bertz CT molecular complexity index is 1280. The van der Waals surface area contributed by atoms with Crippen molar-refractivity contribution in [1.29, 1.82) is 0 Å². The van der Waals surface area contributed by atoms with Crippen molar-refractivity contribution < 1.29 is 31.5 Å². The van der Waals surface area contributed by atoms with E-state index in [-0.39, 0.29) is 40.8 Å². The fourth-order valence-corrected chi connectivity index (χ4v) is 5.47. The molecule has 6 nitrogen and oxygen atoms in total. The molecule has 0 aliphatic carbocycles. The van der Waals surface area contributed by atoms with E-state index in [9.17, 15) is 26.4 Å². The van der Waals surface area contributed by atoms with E-state index >= 15 is 0 Å². The lowest BCUT2D eigenvalue weighted by Crippen LogP contribution is -2.16. The highest BCUT2D eigenvalue weighted by molar-refractivity contribution is 7.90.